The summed E-state index contributed by atoms with van der Waals surface area (Å²) in [6, 6.07) is 7.05. The first kappa shape index (κ1) is 19.2. The number of hydrogen-bond acceptors (Lipinski definition) is 3. The van der Waals surface area contributed by atoms with Crippen LogP contribution in [0, 0.1) is 5.92 Å². The minimum absolute atomic E-state index is 0.222. The molecule has 2 atom stereocenters. The molecule has 8 heteroatoms. The van der Waals surface area contributed by atoms with Crippen LogP contribution >= 0.6 is 11.6 Å². The van der Waals surface area contributed by atoms with Gasteiger partial charge in [-0.05, 0) is 37.1 Å². The third-order valence-electron chi connectivity index (χ3n) is 4.69. The van der Waals surface area contributed by atoms with E-state index in [1.807, 2.05) is 11.9 Å². The fourth-order valence-corrected chi connectivity index (χ4v) is 3.53. The lowest BCUT2D eigenvalue weighted by Gasteiger charge is -2.29. The third kappa shape index (κ3) is 4.58. The van der Waals surface area contributed by atoms with Gasteiger partial charge in [0.15, 0.2) is 5.69 Å². The fourth-order valence-electron chi connectivity index (χ4n) is 3.40. The Morgan fingerprint density at radius 1 is 1.35 bits per heavy atom. The van der Waals surface area contributed by atoms with Gasteiger partial charge in [-0.1, -0.05) is 23.7 Å². The number of aliphatic hydroxyl groups excluding tert-OH is 1. The second-order valence-corrected chi connectivity index (χ2v) is 7.32. The van der Waals surface area contributed by atoms with Crippen LogP contribution in [0.5, 0.6) is 0 Å². The lowest BCUT2D eigenvalue weighted by atomic mass is 9.98. The van der Waals surface area contributed by atoms with Crippen LogP contribution in [0.2, 0.25) is 5.02 Å². The summed E-state index contributed by atoms with van der Waals surface area (Å²) >= 11 is 5.85. The molecule has 0 spiro atoms. The molecule has 1 aliphatic heterocycles. The normalized spacial score (nSPS) is 18.8. The average Bonchev–Trinajstić information content (AvgIpc) is 2.99. The summed E-state index contributed by atoms with van der Waals surface area (Å²) in [7, 11) is 1.91. The molecule has 4 nitrogen and oxygen atoms in total. The smallest absolute Gasteiger partial charge is 0.387 e. The Morgan fingerprint density at radius 2 is 2.04 bits per heavy atom. The molecule has 0 saturated heterocycles. The zero-order valence-corrected chi connectivity index (χ0v) is 15.1. The van der Waals surface area contributed by atoms with Gasteiger partial charge in [-0.3, -0.25) is 0 Å². The van der Waals surface area contributed by atoms with Gasteiger partial charge in [0, 0.05) is 37.3 Å². The molecule has 2 unspecified atom stereocenters. The van der Waals surface area contributed by atoms with Crippen molar-refractivity contribution in [2.24, 2.45) is 5.92 Å². The quantitative estimate of drug-likeness (QED) is 0.848. The highest BCUT2D eigenvalue weighted by molar-refractivity contribution is 6.30. The number of alkyl halides is 3. The van der Waals surface area contributed by atoms with Crippen molar-refractivity contribution < 1.29 is 18.3 Å². The van der Waals surface area contributed by atoms with E-state index in [1.54, 1.807) is 28.8 Å². The molecule has 0 aliphatic carbocycles. The van der Waals surface area contributed by atoms with Crippen LogP contribution < -0.4 is 0 Å². The molecule has 1 aromatic heterocycles. The van der Waals surface area contributed by atoms with Crippen molar-refractivity contribution in [2.75, 3.05) is 20.1 Å². The Balaban J connectivity index is 1.56. The van der Waals surface area contributed by atoms with E-state index in [9.17, 15) is 18.3 Å². The highest BCUT2D eigenvalue weighted by Crippen LogP contribution is 2.31. The Kier molecular flexibility index (Phi) is 5.60. The lowest BCUT2D eigenvalue weighted by molar-refractivity contribution is -0.141. The van der Waals surface area contributed by atoms with Gasteiger partial charge >= 0.3 is 6.18 Å². The van der Waals surface area contributed by atoms with E-state index in [0.717, 1.165) is 18.2 Å². The minimum atomic E-state index is -4.40. The molecular weight excluding hydrogens is 367 g/mol. The minimum Gasteiger partial charge on any atom is -0.387 e. The molecule has 0 fully saturated rings. The van der Waals surface area contributed by atoms with Crippen molar-refractivity contribution in [3.8, 4) is 0 Å². The zero-order valence-electron chi connectivity index (χ0n) is 14.4. The van der Waals surface area contributed by atoms with Crippen LogP contribution in [0.25, 0.3) is 0 Å². The molecule has 26 heavy (non-hydrogen) atoms. The number of halogens is 4. The molecule has 2 heterocycles. The number of aliphatic hydroxyl groups is 1. The van der Waals surface area contributed by atoms with E-state index in [4.69, 9.17) is 11.6 Å². The molecule has 1 aromatic carbocycles. The number of rotatable bonds is 5. The van der Waals surface area contributed by atoms with Crippen molar-refractivity contribution in [3.05, 3.63) is 52.6 Å². The van der Waals surface area contributed by atoms with Gasteiger partial charge < -0.3 is 14.6 Å². The predicted octanol–water partition coefficient (Wildman–Crippen LogP) is 3.78. The Bertz CT molecular complexity index is 745. The summed E-state index contributed by atoms with van der Waals surface area (Å²) in [5.41, 5.74) is -0.0312. The van der Waals surface area contributed by atoms with Gasteiger partial charge in [-0.25, -0.2) is 4.98 Å². The molecule has 2 aromatic rings. The van der Waals surface area contributed by atoms with Crippen molar-refractivity contribution in [3.63, 3.8) is 0 Å². The number of hydrogen-bond donors (Lipinski definition) is 1. The monoisotopic (exact) mass is 387 g/mol. The topological polar surface area (TPSA) is 41.3 Å². The summed E-state index contributed by atoms with van der Waals surface area (Å²) in [5, 5.41) is 11.0. The second-order valence-electron chi connectivity index (χ2n) is 6.89. The molecule has 0 saturated carbocycles. The second kappa shape index (κ2) is 7.58. The van der Waals surface area contributed by atoms with E-state index in [0.29, 0.717) is 36.9 Å². The average molecular weight is 388 g/mol. The summed E-state index contributed by atoms with van der Waals surface area (Å²) in [6.45, 7) is 1.66. The molecule has 142 valence electrons. The molecule has 0 bridgehead atoms. The van der Waals surface area contributed by atoms with E-state index in [1.165, 1.54) is 0 Å². The van der Waals surface area contributed by atoms with Gasteiger partial charge in [-0.15, -0.1) is 0 Å². The van der Waals surface area contributed by atoms with Crippen molar-refractivity contribution >= 4 is 11.6 Å². The number of benzene rings is 1. The van der Waals surface area contributed by atoms with Crippen LogP contribution in [0.1, 0.15) is 29.6 Å². The highest BCUT2D eigenvalue weighted by Gasteiger charge is 2.35. The summed E-state index contributed by atoms with van der Waals surface area (Å²) < 4.78 is 40.0. The van der Waals surface area contributed by atoms with Gasteiger partial charge in [-0.2, -0.15) is 13.2 Å². The Morgan fingerprint density at radius 3 is 2.69 bits per heavy atom. The third-order valence-corrected chi connectivity index (χ3v) is 4.94. The lowest BCUT2D eigenvalue weighted by Crippen LogP contribution is -2.33. The summed E-state index contributed by atoms with van der Waals surface area (Å²) in [4.78, 5) is 5.71. The Labute approximate surface area is 155 Å². The van der Waals surface area contributed by atoms with E-state index in [-0.39, 0.29) is 5.92 Å². The highest BCUT2D eigenvalue weighted by atomic mass is 35.5. The van der Waals surface area contributed by atoms with E-state index in [2.05, 4.69) is 4.98 Å². The SMILES string of the molecule is CN(CC1CCc2nc(C(F)(F)F)cn2C1)CC(O)c1ccc(Cl)cc1. The Hall–Kier alpha value is -1.57. The van der Waals surface area contributed by atoms with Crippen LogP contribution in [0.15, 0.2) is 30.5 Å². The van der Waals surface area contributed by atoms with Crippen molar-refractivity contribution in [2.45, 2.75) is 31.7 Å². The molecule has 0 amide bonds. The van der Waals surface area contributed by atoms with Crippen molar-refractivity contribution in [1.29, 1.82) is 0 Å². The molecule has 1 aliphatic rings. The van der Waals surface area contributed by atoms with Gasteiger partial charge in [0.1, 0.15) is 5.82 Å². The number of aromatic nitrogens is 2. The van der Waals surface area contributed by atoms with Gasteiger partial charge in [0.25, 0.3) is 0 Å². The summed E-state index contributed by atoms with van der Waals surface area (Å²) in [6.07, 6.45) is -2.62. The predicted molar refractivity (Wildman–Crippen MR) is 92.9 cm³/mol. The largest absolute Gasteiger partial charge is 0.434 e. The van der Waals surface area contributed by atoms with E-state index >= 15 is 0 Å². The number of fused-ring (bicyclic) bond motifs is 1. The van der Waals surface area contributed by atoms with E-state index < -0.39 is 18.0 Å². The number of likely N-dealkylation sites (N-methyl/N-ethyl adjacent to an activating group) is 1. The first-order valence-corrected chi connectivity index (χ1v) is 8.85. The number of imidazole rings is 1. The van der Waals surface area contributed by atoms with Crippen molar-refractivity contribution in [1.82, 2.24) is 14.5 Å². The van der Waals surface area contributed by atoms with Gasteiger partial charge in [0.2, 0.25) is 0 Å². The zero-order chi connectivity index (χ0) is 18.9. The standard InChI is InChI=1S/C18H21ClF3N3O/c1-24(10-15(26)13-3-5-14(19)6-4-13)8-12-2-7-17-23-16(18(20,21)22)11-25(17)9-12/h3-6,11-12,15,26H,2,7-10H2,1H3. The van der Waals surface area contributed by atoms with Gasteiger partial charge in [0.05, 0.1) is 6.10 Å². The fraction of sp³-hybridized carbons (Fsp3) is 0.500. The maximum absolute atomic E-state index is 12.8. The van der Waals surface area contributed by atoms with Crippen LogP contribution in [0.4, 0.5) is 13.2 Å². The maximum Gasteiger partial charge on any atom is 0.434 e. The van der Waals surface area contributed by atoms with Crippen LogP contribution in [-0.4, -0.2) is 39.7 Å². The molecule has 0 radical (unpaired) electrons. The first-order chi connectivity index (χ1) is 12.2. The number of nitrogens with zero attached hydrogens (tertiary/aromatic N) is 3. The molecule has 1 N–H and O–H groups in total. The van der Waals surface area contributed by atoms with Crippen LogP contribution in [0.3, 0.4) is 0 Å². The summed E-state index contributed by atoms with van der Waals surface area (Å²) in [5.74, 6) is 0.720. The molecule has 3 rings (SSSR count). The maximum atomic E-state index is 12.8. The molecular formula is C18H21ClF3N3O. The first-order valence-electron chi connectivity index (χ1n) is 8.47. The number of aryl methyl sites for hydroxylation is 1. The van der Waals surface area contributed by atoms with Crippen LogP contribution in [-0.2, 0) is 19.1 Å².